The van der Waals surface area contributed by atoms with Crippen LogP contribution in [0.2, 0.25) is 0 Å². The van der Waals surface area contributed by atoms with E-state index in [0.717, 1.165) is 17.3 Å². The minimum atomic E-state index is -2.64. The fourth-order valence-electron chi connectivity index (χ4n) is 2.32. The largest absolute Gasteiger partial charge is 0.492 e. The molecule has 0 heterocycles. The molecule has 114 valence electrons. The van der Waals surface area contributed by atoms with Crippen LogP contribution in [0.4, 0.5) is 8.78 Å². The van der Waals surface area contributed by atoms with Gasteiger partial charge in [0.05, 0.1) is 12.2 Å². The van der Waals surface area contributed by atoms with Crippen molar-refractivity contribution in [2.24, 2.45) is 5.92 Å². The summed E-state index contributed by atoms with van der Waals surface area (Å²) in [5.41, 5.74) is 0.397. The summed E-state index contributed by atoms with van der Waals surface area (Å²) in [6, 6.07) is 4.69. The molecule has 2 saturated carbocycles. The molecule has 0 radical (unpaired) electrons. The highest BCUT2D eigenvalue weighted by Gasteiger charge is 2.46. The third-order valence-corrected chi connectivity index (χ3v) is 4.28. The first-order chi connectivity index (χ1) is 9.93. The molecule has 2 aliphatic carbocycles. The molecule has 0 unspecified atom stereocenters. The number of benzene rings is 1. The minimum absolute atomic E-state index is 0.284. The number of halogens is 3. The zero-order chi connectivity index (χ0) is 15.0. The summed E-state index contributed by atoms with van der Waals surface area (Å²) in [4.78, 5) is 12.2. The van der Waals surface area contributed by atoms with E-state index in [9.17, 15) is 13.6 Å². The van der Waals surface area contributed by atoms with Crippen LogP contribution in [0.1, 0.15) is 36.0 Å². The van der Waals surface area contributed by atoms with Crippen LogP contribution in [-0.4, -0.2) is 24.5 Å². The smallest absolute Gasteiger partial charge is 0.255 e. The molecule has 0 saturated heterocycles. The van der Waals surface area contributed by atoms with Gasteiger partial charge in [0, 0.05) is 23.4 Å². The standard InChI is InChI=1S/C15H16BrF2NO2/c16-10-3-4-12(13(5-10)21-8-9-1-2-9)14(20)19-11-6-15(17,18)7-11/h3-5,9,11H,1-2,6-8H2,(H,19,20). The number of ether oxygens (including phenoxy) is 1. The first-order valence-electron chi connectivity index (χ1n) is 7.04. The van der Waals surface area contributed by atoms with Gasteiger partial charge in [-0.25, -0.2) is 8.78 Å². The average Bonchev–Trinajstić information content (AvgIpc) is 3.18. The van der Waals surface area contributed by atoms with Crippen LogP contribution in [0, 0.1) is 5.92 Å². The third-order valence-electron chi connectivity index (χ3n) is 3.79. The van der Waals surface area contributed by atoms with E-state index in [2.05, 4.69) is 21.2 Å². The van der Waals surface area contributed by atoms with Gasteiger partial charge in [-0.1, -0.05) is 15.9 Å². The maximum absolute atomic E-state index is 12.8. The van der Waals surface area contributed by atoms with Crippen molar-refractivity contribution in [1.29, 1.82) is 0 Å². The molecule has 3 rings (SSSR count). The lowest BCUT2D eigenvalue weighted by Crippen LogP contribution is -2.50. The van der Waals surface area contributed by atoms with Gasteiger partial charge in [0.2, 0.25) is 0 Å². The fourth-order valence-corrected chi connectivity index (χ4v) is 2.66. The lowest BCUT2D eigenvalue weighted by molar-refractivity contribution is -0.0901. The molecule has 0 bridgehead atoms. The fraction of sp³-hybridized carbons (Fsp3) is 0.533. The zero-order valence-corrected chi connectivity index (χ0v) is 13.0. The second-order valence-corrected chi connectivity index (χ2v) is 6.75. The molecule has 2 fully saturated rings. The van der Waals surface area contributed by atoms with Crippen LogP contribution < -0.4 is 10.1 Å². The molecule has 1 N–H and O–H groups in total. The SMILES string of the molecule is O=C(NC1CC(F)(F)C1)c1ccc(Br)cc1OCC1CC1. The van der Waals surface area contributed by atoms with E-state index in [1.807, 2.05) is 0 Å². The molecule has 6 heteroatoms. The Bertz CT molecular complexity index is 553. The number of hydrogen-bond donors (Lipinski definition) is 1. The lowest BCUT2D eigenvalue weighted by Gasteiger charge is -2.35. The Labute approximate surface area is 130 Å². The number of hydrogen-bond acceptors (Lipinski definition) is 2. The highest BCUT2D eigenvalue weighted by atomic mass is 79.9. The van der Waals surface area contributed by atoms with Gasteiger partial charge in [0.15, 0.2) is 0 Å². The number of amides is 1. The third kappa shape index (κ3) is 3.73. The van der Waals surface area contributed by atoms with Crippen LogP contribution in [-0.2, 0) is 0 Å². The van der Waals surface area contributed by atoms with E-state index in [4.69, 9.17) is 4.74 Å². The van der Waals surface area contributed by atoms with Crippen molar-refractivity contribution in [3.63, 3.8) is 0 Å². The van der Waals surface area contributed by atoms with Crippen molar-refractivity contribution in [2.45, 2.75) is 37.6 Å². The highest BCUT2D eigenvalue weighted by Crippen LogP contribution is 2.38. The molecule has 0 aliphatic heterocycles. The van der Waals surface area contributed by atoms with Crippen molar-refractivity contribution in [2.75, 3.05) is 6.61 Å². The molecule has 0 aromatic heterocycles. The first-order valence-corrected chi connectivity index (χ1v) is 7.83. The van der Waals surface area contributed by atoms with Gasteiger partial charge < -0.3 is 10.1 Å². The summed E-state index contributed by atoms with van der Waals surface area (Å²) in [5.74, 6) is -1.91. The van der Waals surface area contributed by atoms with Gasteiger partial charge in [0.25, 0.3) is 11.8 Å². The van der Waals surface area contributed by atoms with Crippen molar-refractivity contribution in [3.8, 4) is 5.75 Å². The molecule has 3 nitrogen and oxygen atoms in total. The summed E-state index contributed by atoms with van der Waals surface area (Å²) < 4.78 is 32.1. The molecule has 1 amide bonds. The van der Waals surface area contributed by atoms with Gasteiger partial charge in [-0.2, -0.15) is 0 Å². The van der Waals surface area contributed by atoms with Gasteiger partial charge in [-0.05, 0) is 37.0 Å². The summed E-state index contributed by atoms with van der Waals surface area (Å²) >= 11 is 3.35. The van der Waals surface area contributed by atoms with Crippen LogP contribution in [0.25, 0.3) is 0 Å². The number of rotatable bonds is 5. The van der Waals surface area contributed by atoms with Crippen molar-refractivity contribution in [3.05, 3.63) is 28.2 Å². The average molecular weight is 360 g/mol. The molecule has 0 atom stereocenters. The Kier molecular flexibility index (Phi) is 3.90. The first kappa shape index (κ1) is 14.8. The Morgan fingerprint density at radius 2 is 2.10 bits per heavy atom. The second-order valence-electron chi connectivity index (χ2n) is 5.83. The predicted molar refractivity (Wildman–Crippen MR) is 77.8 cm³/mol. The zero-order valence-electron chi connectivity index (χ0n) is 11.4. The molecular weight excluding hydrogens is 344 g/mol. The van der Waals surface area contributed by atoms with Crippen LogP contribution in [0.5, 0.6) is 5.75 Å². The molecular formula is C15H16BrF2NO2. The molecule has 0 spiro atoms. The van der Waals surface area contributed by atoms with Gasteiger partial charge >= 0.3 is 0 Å². The molecule has 21 heavy (non-hydrogen) atoms. The summed E-state index contributed by atoms with van der Waals surface area (Å²) in [6.45, 7) is 0.595. The van der Waals surface area contributed by atoms with E-state index >= 15 is 0 Å². The van der Waals surface area contributed by atoms with Crippen LogP contribution in [0.15, 0.2) is 22.7 Å². The summed E-state index contributed by atoms with van der Waals surface area (Å²) in [5, 5.41) is 2.64. The van der Waals surface area contributed by atoms with Gasteiger partial charge in [-0.15, -0.1) is 0 Å². The van der Waals surface area contributed by atoms with Crippen molar-refractivity contribution >= 4 is 21.8 Å². The van der Waals surface area contributed by atoms with Gasteiger partial charge in [-0.3, -0.25) is 4.79 Å². The van der Waals surface area contributed by atoms with E-state index in [0.29, 0.717) is 23.8 Å². The summed E-state index contributed by atoms with van der Waals surface area (Å²) in [7, 11) is 0. The quantitative estimate of drug-likeness (QED) is 0.868. The Hall–Kier alpha value is -1.17. The van der Waals surface area contributed by atoms with Crippen molar-refractivity contribution in [1.82, 2.24) is 5.32 Å². The predicted octanol–water partition coefficient (Wildman–Crippen LogP) is 3.77. The molecule has 2 aliphatic rings. The topological polar surface area (TPSA) is 38.3 Å². The van der Waals surface area contributed by atoms with E-state index < -0.39 is 12.0 Å². The maximum atomic E-state index is 12.8. The molecule has 1 aromatic carbocycles. The van der Waals surface area contributed by atoms with E-state index in [-0.39, 0.29) is 18.7 Å². The monoisotopic (exact) mass is 359 g/mol. The van der Waals surface area contributed by atoms with Crippen molar-refractivity contribution < 1.29 is 18.3 Å². The number of carbonyl (C=O) groups is 1. The number of nitrogens with one attached hydrogen (secondary N) is 1. The maximum Gasteiger partial charge on any atom is 0.255 e. The van der Waals surface area contributed by atoms with E-state index in [1.54, 1.807) is 18.2 Å². The van der Waals surface area contributed by atoms with Gasteiger partial charge in [0.1, 0.15) is 5.75 Å². The highest BCUT2D eigenvalue weighted by molar-refractivity contribution is 9.10. The van der Waals surface area contributed by atoms with E-state index in [1.165, 1.54) is 0 Å². The Morgan fingerprint density at radius 3 is 2.71 bits per heavy atom. The molecule has 1 aromatic rings. The second kappa shape index (κ2) is 5.55. The Balaban J connectivity index is 1.66. The number of carbonyl (C=O) groups excluding carboxylic acids is 1. The van der Waals surface area contributed by atoms with Crippen LogP contribution >= 0.6 is 15.9 Å². The minimum Gasteiger partial charge on any atom is -0.492 e. The normalized spacial score (nSPS) is 20.7. The Morgan fingerprint density at radius 1 is 1.38 bits per heavy atom. The lowest BCUT2D eigenvalue weighted by atomic mass is 9.88. The van der Waals surface area contributed by atoms with Crippen LogP contribution in [0.3, 0.4) is 0 Å². The summed E-state index contributed by atoms with van der Waals surface area (Å²) in [6.07, 6.45) is 1.75. The number of alkyl halides is 2.